The fourth-order valence-corrected chi connectivity index (χ4v) is 12.9. The standard InChI is InChI=1S/C47H48N2O/c1-2-28(27-48)29-22-24-30(25-23-29)31-15-11-16-34-36-26-40-44-43(46(36)50-45(31)34)35-14-5-9-20-41(35)49(44)42-21-10-8-19-39(42)47(40)37-17-6-3-12-32(37)33-13-4-7-18-38(33)47/h2-3,5-6,9,11-12,14-17,20,22,24,26-27,29-30,35,39,41-43,46,48H,4,7-8,10,13,18-19,21,23,25H2,1H3/b28-2+,48-27?. The molecule has 9 aliphatic rings. The van der Waals surface area contributed by atoms with Crippen molar-refractivity contribution >= 4 is 17.4 Å². The Balaban J connectivity index is 1.13. The monoisotopic (exact) mass is 656 g/mol. The van der Waals surface area contributed by atoms with E-state index in [0.29, 0.717) is 41.7 Å². The summed E-state index contributed by atoms with van der Waals surface area (Å²) in [6, 6.07) is 17.6. The van der Waals surface area contributed by atoms with Crippen LogP contribution >= 0.6 is 0 Å². The van der Waals surface area contributed by atoms with E-state index >= 15 is 0 Å². The van der Waals surface area contributed by atoms with Crippen LogP contribution in [0.15, 0.2) is 113 Å². The molecule has 1 spiro atoms. The van der Waals surface area contributed by atoms with Crippen molar-refractivity contribution in [3.05, 3.63) is 136 Å². The molecule has 3 aliphatic heterocycles. The smallest absolute Gasteiger partial charge is 0.133 e. The highest BCUT2D eigenvalue weighted by Crippen LogP contribution is 2.69. The molecule has 11 rings (SSSR count). The lowest BCUT2D eigenvalue weighted by atomic mass is 9.53. The first-order valence-corrected chi connectivity index (χ1v) is 19.8. The molecule has 0 aromatic heterocycles. The van der Waals surface area contributed by atoms with Crippen molar-refractivity contribution in [2.45, 2.75) is 101 Å². The SMILES string of the molecule is C/C=C(\C=N)C1C=CC(c2cccc3c2OC2C3=CC3=C4C2C2C=CC=CC2N4C2CCCCC2C32C3=C(CCCC3)c3ccccc32)CC1. The largest absolute Gasteiger partial charge is 0.484 e. The van der Waals surface area contributed by atoms with Crippen LogP contribution in [-0.2, 0) is 5.41 Å². The number of ether oxygens (including phenoxy) is 1. The third-order valence-corrected chi connectivity index (χ3v) is 14.7. The van der Waals surface area contributed by atoms with Gasteiger partial charge in [0.15, 0.2) is 0 Å². The van der Waals surface area contributed by atoms with Crippen molar-refractivity contribution < 1.29 is 4.74 Å². The average molecular weight is 657 g/mol. The van der Waals surface area contributed by atoms with Crippen LogP contribution in [0.5, 0.6) is 5.75 Å². The molecule has 2 fully saturated rings. The van der Waals surface area contributed by atoms with Crippen LogP contribution in [0, 0.1) is 29.1 Å². The second-order valence-electron chi connectivity index (χ2n) is 16.5. The fourth-order valence-electron chi connectivity index (χ4n) is 12.9. The van der Waals surface area contributed by atoms with Gasteiger partial charge in [0.1, 0.15) is 11.9 Å². The molecule has 6 aliphatic carbocycles. The number of para-hydroxylation sites is 1. The maximum atomic E-state index is 7.91. The highest BCUT2D eigenvalue weighted by Gasteiger charge is 2.66. The zero-order valence-electron chi connectivity index (χ0n) is 29.3. The summed E-state index contributed by atoms with van der Waals surface area (Å²) in [7, 11) is 0. The van der Waals surface area contributed by atoms with E-state index in [1.54, 1.807) is 33.5 Å². The van der Waals surface area contributed by atoms with Gasteiger partial charge in [-0.25, -0.2) is 0 Å². The van der Waals surface area contributed by atoms with E-state index in [4.69, 9.17) is 10.1 Å². The van der Waals surface area contributed by atoms with E-state index in [1.165, 1.54) is 74.3 Å². The summed E-state index contributed by atoms with van der Waals surface area (Å²) in [6.07, 6.45) is 33.4. The molecule has 9 unspecified atom stereocenters. The molecular weight excluding hydrogens is 609 g/mol. The maximum Gasteiger partial charge on any atom is 0.133 e. The summed E-state index contributed by atoms with van der Waals surface area (Å²) in [5, 5.41) is 7.91. The van der Waals surface area contributed by atoms with E-state index in [0.717, 1.165) is 24.2 Å². The first-order chi connectivity index (χ1) is 24.7. The highest BCUT2D eigenvalue weighted by atomic mass is 16.5. The molecule has 3 heteroatoms. The van der Waals surface area contributed by atoms with Gasteiger partial charge in [-0.1, -0.05) is 103 Å². The van der Waals surface area contributed by atoms with E-state index in [2.05, 4.69) is 103 Å². The van der Waals surface area contributed by atoms with Crippen LogP contribution in [0.4, 0.5) is 0 Å². The molecule has 9 atom stereocenters. The van der Waals surface area contributed by atoms with Crippen molar-refractivity contribution in [3.63, 3.8) is 0 Å². The molecule has 2 aromatic carbocycles. The molecule has 0 amide bonds. The van der Waals surface area contributed by atoms with Gasteiger partial charge >= 0.3 is 0 Å². The predicted molar refractivity (Wildman–Crippen MR) is 203 cm³/mol. The van der Waals surface area contributed by atoms with E-state index in [-0.39, 0.29) is 11.5 Å². The van der Waals surface area contributed by atoms with Crippen LogP contribution in [0.25, 0.3) is 11.1 Å². The van der Waals surface area contributed by atoms with Crippen molar-refractivity contribution in [2.75, 3.05) is 0 Å². The molecule has 0 radical (unpaired) electrons. The highest BCUT2D eigenvalue weighted by molar-refractivity contribution is 5.89. The minimum Gasteiger partial charge on any atom is -0.484 e. The topological polar surface area (TPSA) is 36.3 Å². The molecule has 1 N–H and O–H groups in total. The van der Waals surface area contributed by atoms with Gasteiger partial charge in [-0.2, -0.15) is 0 Å². The van der Waals surface area contributed by atoms with Gasteiger partial charge in [-0.15, -0.1) is 0 Å². The Labute approximate surface area is 297 Å². The number of nitrogens with one attached hydrogen (secondary N) is 1. The van der Waals surface area contributed by atoms with Crippen LogP contribution in [0.3, 0.4) is 0 Å². The summed E-state index contributed by atoms with van der Waals surface area (Å²) in [5.41, 5.74) is 15.2. The molecule has 2 aromatic rings. The minimum atomic E-state index is -0.0265. The molecule has 1 saturated heterocycles. The van der Waals surface area contributed by atoms with Gasteiger partial charge in [0, 0.05) is 63.7 Å². The summed E-state index contributed by atoms with van der Waals surface area (Å²) in [6.45, 7) is 2.06. The number of hydrogen-bond donors (Lipinski definition) is 1. The van der Waals surface area contributed by atoms with Crippen LogP contribution < -0.4 is 4.74 Å². The normalized spacial score (nSPS) is 37.0. The zero-order chi connectivity index (χ0) is 33.1. The van der Waals surface area contributed by atoms with Crippen molar-refractivity contribution in [2.24, 2.45) is 23.7 Å². The Morgan fingerprint density at radius 3 is 2.62 bits per heavy atom. The summed E-state index contributed by atoms with van der Waals surface area (Å²) >= 11 is 0. The second-order valence-corrected chi connectivity index (χ2v) is 16.5. The third kappa shape index (κ3) is 3.69. The van der Waals surface area contributed by atoms with Crippen LogP contribution in [0.2, 0.25) is 0 Å². The lowest BCUT2D eigenvalue weighted by Gasteiger charge is -2.58. The van der Waals surface area contributed by atoms with Gasteiger partial charge in [-0.05, 0) is 98.1 Å². The van der Waals surface area contributed by atoms with Crippen LogP contribution in [-0.4, -0.2) is 29.3 Å². The molecule has 50 heavy (non-hydrogen) atoms. The number of benzene rings is 2. The molecule has 0 bridgehead atoms. The Kier molecular flexibility index (Phi) is 6.48. The second kappa shape index (κ2) is 10.9. The van der Waals surface area contributed by atoms with E-state index in [9.17, 15) is 0 Å². The predicted octanol–water partition coefficient (Wildman–Crippen LogP) is 10.6. The number of hydrogen-bond acceptors (Lipinski definition) is 3. The van der Waals surface area contributed by atoms with Gasteiger partial charge in [0.25, 0.3) is 0 Å². The fraction of sp³-hybridized carbons (Fsp3) is 0.426. The van der Waals surface area contributed by atoms with E-state index in [1.807, 2.05) is 0 Å². The van der Waals surface area contributed by atoms with Gasteiger partial charge < -0.3 is 15.0 Å². The molecule has 3 heterocycles. The lowest BCUT2D eigenvalue weighted by molar-refractivity contribution is 0.0704. The first-order valence-electron chi connectivity index (χ1n) is 19.8. The summed E-state index contributed by atoms with van der Waals surface area (Å²) in [4.78, 5) is 2.98. The van der Waals surface area contributed by atoms with Crippen LogP contribution in [0.1, 0.15) is 99.3 Å². The Bertz CT molecular complexity index is 2050. The van der Waals surface area contributed by atoms with Crippen molar-refractivity contribution in [1.29, 1.82) is 5.41 Å². The quantitative estimate of drug-likeness (QED) is 0.264. The number of nitrogens with zero attached hydrogens (tertiary/aromatic N) is 1. The lowest BCUT2D eigenvalue weighted by Crippen LogP contribution is -2.58. The Morgan fingerprint density at radius 1 is 0.880 bits per heavy atom. The van der Waals surface area contributed by atoms with E-state index < -0.39 is 0 Å². The molecular formula is C47H48N2O. The van der Waals surface area contributed by atoms with Crippen molar-refractivity contribution in [1.82, 2.24) is 4.90 Å². The minimum absolute atomic E-state index is 0.0265. The summed E-state index contributed by atoms with van der Waals surface area (Å²) in [5.74, 6) is 3.15. The van der Waals surface area contributed by atoms with Gasteiger partial charge in [0.2, 0.25) is 0 Å². The molecule has 3 nitrogen and oxygen atoms in total. The number of rotatable bonds is 3. The number of fused-ring (bicyclic) bond motifs is 15. The molecule has 252 valence electrons. The van der Waals surface area contributed by atoms with Crippen molar-refractivity contribution in [3.8, 4) is 5.75 Å². The third-order valence-electron chi connectivity index (χ3n) is 14.7. The average Bonchev–Trinajstić information content (AvgIpc) is 3.82. The maximum absolute atomic E-state index is 7.91. The van der Waals surface area contributed by atoms with Gasteiger partial charge in [0.05, 0.1) is 6.04 Å². The van der Waals surface area contributed by atoms with Gasteiger partial charge in [-0.3, -0.25) is 0 Å². The Morgan fingerprint density at radius 2 is 1.74 bits per heavy atom. The summed E-state index contributed by atoms with van der Waals surface area (Å²) < 4.78 is 7.42. The molecule has 1 saturated carbocycles. The number of allylic oxidation sites excluding steroid dienone is 10. The first kappa shape index (κ1) is 29.6. The zero-order valence-corrected chi connectivity index (χ0v) is 29.3. The Hall–Kier alpha value is -4.11.